The molecule has 0 aliphatic heterocycles. The molecule has 0 saturated heterocycles. The van der Waals surface area contributed by atoms with Gasteiger partial charge in [0.15, 0.2) is 0 Å². The minimum absolute atomic E-state index is 0.0290. The predicted octanol–water partition coefficient (Wildman–Crippen LogP) is 3.57. The van der Waals surface area contributed by atoms with Gasteiger partial charge in [-0.1, -0.05) is 0 Å². The van der Waals surface area contributed by atoms with E-state index >= 15 is 0 Å². The quantitative estimate of drug-likeness (QED) is 0.899. The first-order valence-corrected chi connectivity index (χ1v) is 8.10. The van der Waals surface area contributed by atoms with Crippen molar-refractivity contribution in [2.75, 3.05) is 4.72 Å². The zero-order valence-electron chi connectivity index (χ0n) is 10.9. The Hall–Kier alpha value is -1.91. The van der Waals surface area contributed by atoms with Crippen LogP contribution in [0.5, 0.6) is 0 Å². The van der Waals surface area contributed by atoms with Crippen LogP contribution >= 0.6 is 15.9 Å². The van der Waals surface area contributed by atoms with Crippen molar-refractivity contribution < 1.29 is 12.8 Å². The van der Waals surface area contributed by atoms with Gasteiger partial charge >= 0.3 is 0 Å². The molecule has 0 radical (unpaired) electrons. The van der Waals surface area contributed by atoms with Gasteiger partial charge in [0, 0.05) is 0 Å². The van der Waals surface area contributed by atoms with Crippen LogP contribution in [0.3, 0.4) is 0 Å². The standard InChI is InChI=1S/C14H10BrFN2O2S/c1-9-6-13(16)12(15)7-14(9)18-21(19,20)11-4-2-10(8-17)3-5-11/h2-7,18H,1H3. The summed E-state index contributed by atoms with van der Waals surface area (Å²) in [5.74, 6) is -0.464. The molecule has 0 fully saturated rings. The third-order valence-electron chi connectivity index (χ3n) is 2.81. The summed E-state index contributed by atoms with van der Waals surface area (Å²) in [6.45, 7) is 1.60. The summed E-state index contributed by atoms with van der Waals surface area (Å²) in [4.78, 5) is 0.0290. The highest BCUT2D eigenvalue weighted by Crippen LogP contribution is 2.26. The molecule has 2 aromatic carbocycles. The van der Waals surface area contributed by atoms with Gasteiger partial charge < -0.3 is 0 Å². The maximum absolute atomic E-state index is 13.3. The second-order valence-electron chi connectivity index (χ2n) is 4.32. The molecule has 0 unspecified atom stereocenters. The number of rotatable bonds is 3. The molecule has 2 rings (SSSR count). The molecule has 0 atom stereocenters. The molecular formula is C14H10BrFN2O2S. The van der Waals surface area contributed by atoms with Crippen LogP contribution in [0, 0.1) is 24.1 Å². The average molecular weight is 369 g/mol. The van der Waals surface area contributed by atoms with E-state index in [0.29, 0.717) is 11.1 Å². The number of hydrogen-bond acceptors (Lipinski definition) is 3. The summed E-state index contributed by atoms with van der Waals surface area (Å²) in [6.07, 6.45) is 0. The largest absolute Gasteiger partial charge is 0.279 e. The number of benzene rings is 2. The average Bonchev–Trinajstić information content (AvgIpc) is 2.44. The Bertz CT molecular complexity index is 827. The molecule has 0 amide bonds. The van der Waals surface area contributed by atoms with Crippen LogP contribution in [0.2, 0.25) is 0 Å². The third-order valence-corrected chi connectivity index (χ3v) is 4.79. The van der Waals surface area contributed by atoms with Crippen molar-refractivity contribution in [3.8, 4) is 6.07 Å². The maximum atomic E-state index is 13.3. The van der Waals surface area contributed by atoms with E-state index < -0.39 is 15.8 Å². The molecule has 0 heterocycles. The van der Waals surface area contributed by atoms with Gasteiger partial charge in [0.1, 0.15) is 5.82 Å². The van der Waals surface area contributed by atoms with E-state index in [1.54, 1.807) is 6.92 Å². The molecule has 21 heavy (non-hydrogen) atoms. The zero-order valence-corrected chi connectivity index (χ0v) is 13.3. The van der Waals surface area contributed by atoms with Crippen LogP contribution in [0.4, 0.5) is 10.1 Å². The van der Waals surface area contributed by atoms with Crippen LogP contribution in [0.1, 0.15) is 11.1 Å². The van der Waals surface area contributed by atoms with Gasteiger partial charge in [-0.3, -0.25) is 4.72 Å². The fourth-order valence-electron chi connectivity index (χ4n) is 1.67. The molecule has 4 nitrogen and oxygen atoms in total. The number of nitriles is 1. The number of aryl methyl sites for hydroxylation is 1. The highest BCUT2D eigenvalue weighted by Gasteiger charge is 2.16. The van der Waals surface area contributed by atoms with Crippen molar-refractivity contribution in [2.24, 2.45) is 0 Å². The van der Waals surface area contributed by atoms with E-state index in [-0.39, 0.29) is 15.1 Å². The number of nitrogens with one attached hydrogen (secondary N) is 1. The Kier molecular flexibility index (Phi) is 4.30. The molecule has 0 spiro atoms. The number of halogens is 2. The molecule has 108 valence electrons. The summed E-state index contributed by atoms with van der Waals surface area (Å²) >= 11 is 3.02. The van der Waals surface area contributed by atoms with E-state index in [0.717, 1.165) is 0 Å². The molecule has 0 aliphatic carbocycles. The van der Waals surface area contributed by atoms with Crippen molar-refractivity contribution in [3.05, 3.63) is 57.8 Å². The number of anilines is 1. The van der Waals surface area contributed by atoms with Gasteiger partial charge in [0.25, 0.3) is 10.0 Å². The van der Waals surface area contributed by atoms with E-state index in [1.807, 2.05) is 6.07 Å². The molecular weight excluding hydrogens is 359 g/mol. The number of nitrogens with zero attached hydrogens (tertiary/aromatic N) is 1. The summed E-state index contributed by atoms with van der Waals surface area (Å²) in [7, 11) is -3.79. The van der Waals surface area contributed by atoms with Crippen LogP contribution in [0.15, 0.2) is 45.8 Å². The van der Waals surface area contributed by atoms with Crippen LogP contribution in [0.25, 0.3) is 0 Å². The maximum Gasteiger partial charge on any atom is 0.261 e. The van der Waals surface area contributed by atoms with Crippen molar-refractivity contribution in [1.82, 2.24) is 0 Å². The van der Waals surface area contributed by atoms with Crippen molar-refractivity contribution in [1.29, 1.82) is 5.26 Å². The van der Waals surface area contributed by atoms with Crippen molar-refractivity contribution in [2.45, 2.75) is 11.8 Å². The van der Waals surface area contributed by atoms with Crippen LogP contribution in [-0.2, 0) is 10.0 Å². The second kappa shape index (κ2) is 5.84. The molecule has 0 aliphatic rings. The lowest BCUT2D eigenvalue weighted by molar-refractivity contribution is 0.600. The Balaban J connectivity index is 2.37. The molecule has 0 bridgehead atoms. The summed E-state index contributed by atoms with van der Waals surface area (Å²) in [6, 6.07) is 10.0. The summed E-state index contributed by atoms with van der Waals surface area (Å²) in [5.41, 5.74) is 1.12. The third kappa shape index (κ3) is 3.40. The zero-order chi connectivity index (χ0) is 15.6. The smallest absolute Gasteiger partial charge is 0.261 e. The SMILES string of the molecule is Cc1cc(F)c(Br)cc1NS(=O)(=O)c1ccc(C#N)cc1. The first-order chi connectivity index (χ1) is 9.83. The first-order valence-electron chi connectivity index (χ1n) is 5.82. The minimum Gasteiger partial charge on any atom is -0.279 e. The fourth-order valence-corrected chi connectivity index (χ4v) is 3.13. The van der Waals surface area contributed by atoms with E-state index in [2.05, 4.69) is 20.7 Å². The Labute approximate surface area is 130 Å². The summed E-state index contributed by atoms with van der Waals surface area (Å²) in [5, 5.41) is 8.70. The molecule has 1 N–H and O–H groups in total. The van der Waals surface area contributed by atoms with Crippen molar-refractivity contribution >= 4 is 31.6 Å². The predicted molar refractivity (Wildman–Crippen MR) is 80.8 cm³/mol. The molecule has 2 aromatic rings. The number of sulfonamides is 1. The first kappa shape index (κ1) is 15.5. The molecule has 0 saturated carbocycles. The van der Waals surface area contributed by atoms with Crippen molar-refractivity contribution in [3.63, 3.8) is 0 Å². The Morgan fingerprint density at radius 2 is 1.86 bits per heavy atom. The molecule has 0 aromatic heterocycles. The second-order valence-corrected chi connectivity index (χ2v) is 6.86. The van der Waals surface area contributed by atoms with Crippen LogP contribution < -0.4 is 4.72 Å². The summed E-state index contributed by atoms with van der Waals surface area (Å²) < 4.78 is 40.4. The van der Waals surface area contributed by atoms with Gasteiger partial charge in [0.2, 0.25) is 0 Å². The fraction of sp³-hybridized carbons (Fsp3) is 0.0714. The molecule has 7 heteroatoms. The Morgan fingerprint density at radius 1 is 1.24 bits per heavy atom. The lowest BCUT2D eigenvalue weighted by atomic mass is 10.2. The topological polar surface area (TPSA) is 70.0 Å². The highest BCUT2D eigenvalue weighted by atomic mass is 79.9. The normalized spacial score (nSPS) is 11.0. The highest BCUT2D eigenvalue weighted by molar-refractivity contribution is 9.10. The van der Waals surface area contributed by atoms with Gasteiger partial charge in [-0.05, 0) is 64.8 Å². The van der Waals surface area contributed by atoms with E-state index in [4.69, 9.17) is 5.26 Å². The monoisotopic (exact) mass is 368 g/mol. The number of hydrogen-bond donors (Lipinski definition) is 1. The van der Waals surface area contributed by atoms with Gasteiger partial charge in [-0.2, -0.15) is 5.26 Å². The van der Waals surface area contributed by atoms with Crippen LogP contribution in [-0.4, -0.2) is 8.42 Å². The van der Waals surface area contributed by atoms with Gasteiger partial charge in [-0.15, -0.1) is 0 Å². The van der Waals surface area contributed by atoms with Gasteiger partial charge in [-0.25, -0.2) is 12.8 Å². The lowest BCUT2D eigenvalue weighted by Gasteiger charge is -2.11. The van der Waals surface area contributed by atoms with Gasteiger partial charge in [0.05, 0.1) is 26.7 Å². The lowest BCUT2D eigenvalue weighted by Crippen LogP contribution is -2.14. The van der Waals surface area contributed by atoms with E-state index in [1.165, 1.54) is 36.4 Å². The Morgan fingerprint density at radius 3 is 2.43 bits per heavy atom. The minimum atomic E-state index is -3.79. The van der Waals surface area contributed by atoms with E-state index in [9.17, 15) is 12.8 Å².